The molecule has 148 valence electrons. The normalized spacial score (nSPS) is 12.3. The number of aryl methyl sites for hydroxylation is 3. The predicted molar refractivity (Wildman–Crippen MR) is 116 cm³/mol. The first-order valence-electron chi connectivity index (χ1n) is 9.78. The molecule has 6 nitrogen and oxygen atoms in total. The van der Waals surface area contributed by atoms with E-state index in [1.807, 2.05) is 80.9 Å². The molecule has 2 aromatic heterocycles. The lowest BCUT2D eigenvalue weighted by atomic mass is 10.1. The number of anilines is 1. The maximum absolute atomic E-state index is 12.8. The second-order valence-electron chi connectivity index (χ2n) is 7.63. The molecule has 0 bridgehead atoms. The van der Waals surface area contributed by atoms with Crippen molar-refractivity contribution in [2.45, 2.75) is 34.2 Å². The standard InChI is InChI=1S/C23H25N5O/c1-14-9-10-18(22-24-19-7-5-6-8-20(19)25-22)12-21(14)26-23(29)15(2)13-28-17(4)11-16(3)27-28/h5-12,15H,13H2,1-4H3,(H,24,25)(H,26,29). The van der Waals surface area contributed by atoms with Crippen molar-refractivity contribution in [2.24, 2.45) is 5.92 Å². The summed E-state index contributed by atoms with van der Waals surface area (Å²) in [6.45, 7) is 8.43. The molecule has 1 unspecified atom stereocenters. The average molecular weight is 387 g/mol. The van der Waals surface area contributed by atoms with Crippen LogP contribution in [0.2, 0.25) is 0 Å². The first-order valence-corrected chi connectivity index (χ1v) is 9.78. The molecule has 6 heteroatoms. The topological polar surface area (TPSA) is 75.6 Å². The Hall–Kier alpha value is -3.41. The maximum Gasteiger partial charge on any atom is 0.229 e. The molecule has 0 spiro atoms. The predicted octanol–water partition coefficient (Wildman–Crippen LogP) is 4.63. The van der Waals surface area contributed by atoms with Gasteiger partial charge in [-0.2, -0.15) is 5.10 Å². The van der Waals surface area contributed by atoms with Crippen LogP contribution < -0.4 is 5.32 Å². The van der Waals surface area contributed by atoms with E-state index in [1.165, 1.54) is 0 Å². The van der Waals surface area contributed by atoms with Crippen LogP contribution in [0.25, 0.3) is 22.4 Å². The Morgan fingerprint density at radius 3 is 2.66 bits per heavy atom. The number of imidazole rings is 1. The molecule has 2 heterocycles. The molecule has 0 aliphatic carbocycles. The van der Waals surface area contributed by atoms with E-state index in [4.69, 9.17) is 0 Å². The Balaban J connectivity index is 1.54. The molecule has 4 rings (SSSR count). The number of carbonyl (C=O) groups excluding carboxylic acids is 1. The minimum Gasteiger partial charge on any atom is -0.338 e. The van der Waals surface area contributed by atoms with Gasteiger partial charge in [-0.1, -0.05) is 31.2 Å². The summed E-state index contributed by atoms with van der Waals surface area (Å²) >= 11 is 0. The van der Waals surface area contributed by atoms with Gasteiger partial charge >= 0.3 is 0 Å². The Kier molecular flexibility index (Phi) is 4.92. The molecule has 0 aliphatic heterocycles. The third-order valence-electron chi connectivity index (χ3n) is 5.16. The zero-order chi connectivity index (χ0) is 20.5. The SMILES string of the molecule is Cc1cc(C)n(CC(C)C(=O)Nc2cc(-c3nc4ccccc4[nH]3)ccc2C)n1. The first kappa shape index (κ1) is 18.9. The number of H-pyrrole nitrogens is 1. The molecule has 0 fully saturated rings. The van der Waals surface area contributed by atoms with Crippen molar-refractivity contribution in [3.63, 3.8) is 0 Å². The molecule has 2 aromatic carbocycles. The van der Waals surface area contributed by atoms with Crippen LogP contribution in [0.3, 0.4) is 0 Å². The van der Waals surface area contributed by atoms with Gasteiger partial charge in [0, 0.05) is 16.9 Å². The molecular formula is C23H25N5O. The van der Waals surface area contributed by atoms with Gasteiger partial charge in [0.2, 0.25) is 5.91 Å². The van der Waals surface area contributed by atoms with E-state index >= 15 is 0 Å². The summed E-state index contributed by atoms with van der Waals surface area (Å²) in [6, 6.07) is 15.9. The average Bonchev–Trinajstić information content (AvgIpc) is 3.26. The molecule has 4 aromatic rings. The summed E-state index contributed by atoms with van der Waals surface area (Å²) < 4.78 is 1.89. The Morgan fingerprint density at radius 1 is 1.14 bits per heavy atom. The lowest BCUT2D eigenvalue weighted by Gasteiger charge is -2.15. The minimum absolute atomic E-state index is 0.0255. The van der Waals surface area contributed by atoms with E-state index in [2.05, 4.69) is 20.4 Å². The molecule has 0 saturated carbocycles. The zero-order valence-corrected chi connectivity index (χ0v) is 17.2. The van der Waals surface area contributed by atoms with Crippen molar-refractivity contribution < 1.29 is 4.79 Å². The molecule has 0 aliphatic rings. The van der Waals surface area contributed by atoms with Gasteiger partial charge in [0.15, 0.2) is 0 Å². The van der Waals surface area contributed by atoms with Gasteiger partial charge in [-0.3, -0.25) is 9.48 Å². The summed E-state index contributed by atoms with van der Waals surface area (Å²) in [5, 5.41) is 7.53. The van der Waals surface area contributed by atoms with E-state index in [1.54, 1.807) is 0 Å². The summed E-state index contributed by atoms with van der Waals surface area (Å²) in [7, 11) is 0. The molecule has 0 saturated heterocycles. The minimum atomic E-state index is -0.206. The van der Waals surface area contributed by atoms with E-state index in [-0.39, 0.29) is 11.8 Å². The number of para-hydroxylation sites is 2. The van der Waals surface area contributed by atoms with Gasteiger partial charge in [0.1, 0.15) is 5.82 Å². The molecule has 1 atom stereocenters. The number of hydrogen-bond acceptors (Lipinski definition) is 3. The second kappa shape index (κ2) is 7.54. The van der Waals surface area contributed by atoms with Crippen LogP contribution in [0, 0.1) is 26.7 Å². The number of amides is 1. The lowest BCUT2D eigenvalue weighted by molar-refractivity contribution is -0.119. The number of fused-ring (bicyclic) bond motifs is 1. The van der Waals surface area contributed by atoms with Crippen molar-refractivity contribution in [3.05, 3.63) is 65.5 Å². The fourth-order valence-corrected chi connectivity index (χ4v) is 3.45. The first-order chi connectivity index (χ1) is 13.9. The third-order valence-corrected chi connectivity index (χ3v) is 5.16. The largest absolute Gasteiger partial charge is 0.338 e. The number of benzene rings is 2. The van der Waals surface area contributed by atoms with Crippen LogP contribution in [0.4, 0.5) is 5.69 Å². The van der Waals surface area contributed by atoms with Gasteiger partial charge in [0.25, 0.3) is 0 Å². The van der Waals surface area contributed by atoms with E-state index < -0.39 is 0 Å². The summed E-state index contributed by atoms with van der Waals surface area (Å²) in [6.07, 6.45) is 0. The second-order valence-corrected chi connectivity index (χ2v) is 7.63. The molecule has 0 radical (unpaired) electrons. The van der Waals surface area contributed by atoms with Crippen molar-refractivity contribution in [2.75, 3.05) is 5.32 Å². The monoisotopic (exact) mass is 387 g/mol. The smallest absolute Gasteiger partial charge is 0.229 e. The van der Waals surface area contributed by atoms with Crippen molar-refractivity contribution in [1.29, 1.82) is 0 Å². The van der Waals surface area contributed by atoms with Gasteiger partial charge in [-0.25, -0.2) is 4.98 Å². The summed E-state index contributed by atoms with van der Waals surface area (Å²) in [4.78, 5) is 20.8. The van der Waals surface area contributed by atoms with Crippen LogP contribution >= 0.6 is 0 Å². The van der Waals surface area contributed by atoms with Crippen molar-refractivity contribution >= 4 is 22.6 Å². The van der Waals surface area contributed by atoms with E-state index in [0.717, 1.165) is 45.1 Å². The highest BCUT2D eigenvalue weighted by atomic mass is 16.1. The number of nitrogens with zero attached hydrogens (tertiary/aromatic N) is 3. The van der Waals surface area contributed by atoms with Gasteiger partial charge in [-0.15, -0.1) is 0 Å². The Morgan fingerprint density at radius 2 is 1.93 bits per heavy atom. The van der Waals surface area contributed by atoms with Crippen LogP contribution in [0.1, 0.15) is 23.9 Å². The maximum atomic E-state index is 12.8. The number of nitrogens with one attached hydrogen (secondary N) is 2. The third kappa shape index (κ3) is 3.92. The quantitative estimate of drug-likeness (QED) is 0.524. The highest BCUT2D eigenvalue weighted by molar-refractivity contribution is 5.93. The summed E-state index contributed by atoms with van der Waals surface area (Å²) in [5.74, 6) is 0.557. The molecule has 1 amide bonds. The van der Waals surface area contributed by atoms with Crippen LogP contribution in [-0.4, -0.2) is 25.7 Å². The molecule has 2 N–H and O–H groups in total. The van der Waals surface area contributed by atoms with Gasteiger partial charge < -0.3 is 10.3 Å². The Labute approximate surface area is 170 Å². The number of rotatable bonds is 5. The highest BCUT2D eigenvalue weighted by Gasteiger charge is 2.17. The number of aromatic nitrogens is 4. The highest BCUT2D eigenvalue weighted by Crippen LogP contribution is 2.26. The fraction of sp³-hybridized carbons (Fsp3) is 0.261. The van der Waals surface area contributed by atoms with Gasteiger partial charge in [0.05, 0.1) is 29.2 Å². The van der Waals surface area contributed by atoms with Crippen LogP contribution in [0.5, 0.6) is 0 Å². The fourth-order valence-electron chi connectivity index (χ4n) is 3.45. The van der Waals surface area contributed by atoms with Crippen LogP contribution in [-0.2, 0) is 11.3 Å². The van der Waals surface area contributed by atoms with Crippen molar-refractivity contribution in [1.82, 2.24) is 19.7 Å². The van der Waals surface area contributed by atoms with E-state index in [0.29, 0.717) is 6.54 Å². The zero-order valence-electron chi connectivity index (χ0n) is 17.2. The van der Waals surface area contributed by atoms with Crippen molar-refractivity contribution in [3.8, 4) is 11.4 Å². The van der Waals surface area contributed by atoms with Crippen LogP contribution in [0.15, 0.2) is 48.5 Å². The number of carbonyl (C=O) groups is 1. The molecule has 29 heavy (non-hydrogen) atoms. The van der Waals surface area contributed by atoms with Gasteiger partial charge in [-0.05, 0) is 50.6 Å². The molecular weight excluding hydrogens is 362 g/mol. The summed E-state index contributed by atoms with van der Waals surface area (Å²) in [5.41, 5.74) is 6.69. The number of aromatic amines is 1. The number of hydrogen-bond donors (Lipinski definition) is 2. The lowest BCUT2D eigenvalue weighted by Crippen LogP contribution is -2.25. The van der Waals surface area contributed by atoms with E-state index in [9.17, 15) is 4.79 Å². The Bertz CT molecular complexity index is 1150.